The molecule has 0 aliphatic carbocycles. The van der Waals surface area contributed by atoms with Crippen molar-refractivity contribution >= 4 is 29.3 Å². The summed E-state index contributed by atoms with van der Waals surface area (Å²) in [5, 5.41) is 16.8. The third kappa shape index (κ3) is 3.49. The number of rotatable bonds is 5. The summed E-state index contributed by atoms with van der Waals surface area (Å²) in [7, 11) is 1.61. The Kier molecular flexibility index (Phi) is 4.86. The van der Waals surface area contributed by atoms with Crippen LogP contribution in [0.15, 0.2) is 59.7 Å². The van der Waals surface area contributed by atoms with E-state index in [2.05, 4.69) is 25.8 Å². The van der Waals surface area contributed by atoms with E-state index in [0.29, 0.717) is 11.5 Å². The molecule has 0 atom stereocenters. The number of nitrogens with one attached hydrogen (secondary N) is 1. The van der Waals surface area contributed by atoms with Gasteiger partial charge < -0.3 is 4.74 Å². The Morgan fingerprint density at radius 3 is 2.68 bits per heavy atom. The molecule has 9 heteroatoms. The number of hydrogen-bond acceptors (Lipinski definition) is 6. The highest BCUT2D eigenvalue weighted by Crippen LogP contribution is 2.29. The Morgan fingerprint density at radius 1 is 1.11 bits per heavy atom. The number of anilines is 1. The van der Waals surface area contributed by atoms with Crippen molar-refractivity contribution in [1.29, 1.82) is 0 Å². The number of benzene rings is 2. The predicted molar refractivity (Wildman–Crippen MR) is 105 cm³/mol. The van der Waals surface area contributed by atoms with Crippen molar-refractivity contribution in [3.63, 3.8) is 0 Å². The van der Waals surface area contributed by atoms with E-state index < -0.39 is 5.82 Å². The van der Waals surface area contributed by atoms with E-state index in [1.807, 2.05) is 24.3 Å². The van der Waals surface area contributed by atoms with Crippen molar-refractivity contribution in [3.05, 3.63) is 71.0 Å². The van der Waals surface area contributed by atoms with Crippen LogP contribution in [-0.4, -0.2) is 33.1 Å². The molecule has 0 saturated heterocycles. The quantitative estimate of drug-likeness (QED) is 0.407. The molecule has 0 aliphatic heterocycles. The van der Waals surface area contributed by atoms with Gasteiger partial charge in [0.05, 0.1) is 23.9 Å². The number of hydrazone groups is 1. The second kappa shape index (κ2) is 7.61. The van der Waals surface area contributed by atoms with Crippen LogP contribution in [0.25, 0.3) is 17.0 Å². The summed E-state index contributed by atoms with van der Waals surface area (Å²) in [6.45, 7) is 0. The minimum absolute atomic E-state index is 0.142. The third-order valence-electron chi connectivity index (χ3n) is 3.96. The fourth-order valence-electron chi connectivity index (χ4n) is 2.58. The van der Waals surface area contributed by atoms with Gasteiger partial charge >= 0.3 is 0 Å². The molecule has 4 aromatic rings. The van der Waals surface area contributed by atoms with Gasteiger partial charge in [-0.25, -0.2) is 4.39 Å². The van der Waals surface area contributed by atoms with Crippen molar-refractivity contribution in [3.8, 4) is 17.1 Å². The molecule has 2 aromatic carbocycles. The van der Waals surface area contributed by atoms with Crippen LogP contribution in [0.5, 0.6) is 5.75 Å². The average molecular weight is 397 g/mol. The zero-order valence-electron chi connectivity index (χ0n) is 14.7. The predicted octanol–water partition coefficient (Wildman–Crippen LogP) is 4.04. The molecule has 0 amide bonds. The standard InChI is InChI=1S/C19H14ClFN6O/c1-28-13-7-5-12(6-8-13)11-22-23-16-9-10-17-24-25-19(27(17)26-16)18-14(20)3-2-4-15(18)21/h2-11H,1H3,(H,23,26)/b22-11+. The monoisotopic (exact) mass is 396 g/mol. The third-order valence-corrected chi connectivity index (χ3v) is 4.27. The van der Waals surface area contributed by atoms with Gasteiger partial charge in [-0.3, -0.25) is 5.43 Å². The molecule has 0 unspecified atom stereocenters. The lowest BCUT2D eigenvalue weighted by atomic mass is 10.2. The fraction of sp³-hybridized carbons (Fsp3) is 0.0526. The highest BCUT2D eigenvalue weighted by molar-refractivity contribution is 6.33. The molecule has 0 aliphatic rings. The first-order valence-electron chi connectivity index (χ1n) is 8.25. The Hall–Kier alpha value is -3.52. The molecule has 140 valence electrons. The largest absolute Gasteiger partial charge is 0.497 e. The molecule has 28 heavy (non-hydrogen) atoms. The first-order valence-corrected chi connectivity index (χ1v) is 8.63. The smallest absolute Gasteiger partial charge is 0.189 e. The minimum Gasteiger partial charge on any atom is -0.497 e. The summed E-state index contributed by atoms with van der Waals surface area (Å²) >= 11 is 6.14. The summed E-state index contributed by atoms with van der Waals surface area (Å²) in [5.41, 5.74) is 4.32. The van der Waals surface area contributed by atoms with E-state index in [4.69, 9.17) is 16.3 Å². The van der Waals surface area contributed by atoms with Gasteiger partial charge in [-0.2, -0.15) is 9.62 Å². The maximum Gasteiger partial charge on any atom is 0.189 e. The van der Waals surface area contributed by atoms with Gasteiger partial charge in [0.1, 0.15) is 11.6 Å². The second-order valence-electron chi connectivity index (χ2n) is 5.75. The number of nitrogens with zero attached hydrogens (tertiary/aromatic N) is 5. The van der Waals surface area contributed by atoms with Crippen LogP contribution in [0.2, 0.25) is 5.02 Å². The zero-order valence-corrected chi connectivity index (χ0v) is 15.4. The van der Waals surface area contributed by atoms with E-state index in [1.165, 1.54) is 16.6 Å². The number of halogens is 2. The lowest BCUT2D eigenvalue weighted by Crippen LogP contribution is -2.01. The summed E-state index contributed by atoms with van der Waals surface area (Å²) in [5.74, 6) is 0.912. The Bertz CT molecular complexity index is 1140. The van der Waals surface area contributed by atoms with Gasteiger partial charge in [-0.1, -0.05) is 17.7 Å². The molecule has 0 spiro atoms. The maximum atomic E-state index is 14.2. The average Bonchev–Trinajstić information content (AvgIpc) is 3.11. The summed E-state index contributed by atoms with van der Waals surface area (Å²) < 4.78 is 20.8. The van der Waals surface area contributed by atoms with Crippen LogP contribution in [0.3, 0.4) is 0 Å². The van der Waals surface area contributed by atoms with Gasteiger partial charge in [-0.15, -0.1) is 15.3 Å². The maximum absolute atomic E-state index is 14.2. The van der Waals surface area contributed by atoms with Crippen LogP contribution in [0, 0.1) is 5.82 Å². The Morgan fingerprint density at radius 2 is 1.93 bits per heavy atom. The van der Waals surface area contributed by atoms with Crippen molar-refractivity contribution in [1.82, 2.24) is 19.8 Å². The highest BCUT2D eigenvalue weighted by Gasteiger charge is 2.17. The van der Waals surface area contributed by atoms with Gasteiger partial charge in [0.15, 0.2) is 17.3 Å². The summed E-state index contributed by atoms with van der Waals surface area (Å²) in [4.78, 5) is 0. The molecule has 4 rings (SSSR count). The molecule has 7 nitrogen and oxygen atoms in total. The van der Waals surface area contributed by atoms with E-state index in [9.17, 15) is 4.39 Å². The minimum atomic E-state index is -0.500. The van der Waals surface area contributed by atoms with Crippen molar-refractivity contribution in [2.75, 3.05) is 12.5 Å². The van der Waals surface area contributed by atoms with Crippen LogP contribution in [0.1, 0.15) is 5.56 Å². The molecular formula is C19H14ClFN6O. The molecule has 2 aromatic heterocycles. The van der Waals surface area contributed by atoms with Crippen LogP contribution < -0.4 is 10.2 Å². The molecular weight excluding hydrogens is 383 g/mol. The SMILES string of the molecule is COc1ccc(/C=N/Nc2ccc3nnc(-c4c(F)cccc4Cl)n3n2)cc1. The molecule has 0 saturated carbocycles. The van der Waals surface area contributed by atoms with Gasteiger partial charge in [0.2, 0.25) is 0 Å². The first kappa shape index (κ1) is 17.9. The van der Waals surface area contributed by atoms with Crippen molar-refractivity contribution in [2.24, 2.45) is 5.10 Å². The number of methoxy groups -OCH3 is 1. The lowest BCUT2D eigenvalue weighted by Gasteiger charge is -2.05. The van der Waals surface area contributed by atoms with Crippen LogP contribution >= 0.6 is 11.6 Å². The molecule has 0 radical (unpaired) electrons. The lowest BCUT2D eigenvalue weighted by molar-refractivity contribution is 0.415. The zero-order chi connectivity index (χ0) is 19.5. The van der Waals surface area contributed by atoms with E-state index in [-0.39, 0.29) is 16.4 Å². The Labute approximate surface area is 164 Å². The van der Waals surface area contributed by atoms with Crippen LogP contribution in [-0.2, 0) is 0 Å². The van der Waals surface area contributed by atoms with Gasteiger partial charge in [0.25, 0.3) is 0 Å². The van der Waals surface area contributed by atoms with Crippen molar-refractivity contribution in [2.45, 2.75) is 0 Å². The van der Waals surface area contributed by atoms with E-state index in [1.54, 1.807) is 31.5 Å². The highest BCUT2D eigenvalue weighted by atomic mass is 35.5. The summed E-state index contributed by atoms with van der Waals surface area (Å²) in [6, 6.07) is 15.2. The van der Waals surface area contributed by atoms with Gasteiger partial charge in [-0.05, 0) is 54.1 Å². The second-order valence-corrected chi connectivity index (χ2v) is 6.16. The molecule has 0 fully saturated rings. The number of aromatic nitrogens is 4. The normalized spacial score (nSPS) is 11.2. The Balaban J connectivity index is 1.61. The number of hydrogen-bond donors (Lipinski definition) is 1. The number of fused-ring (bicyclic) bond motifs is 1. The van der Waals surface area contributed by atoms with Gasteiger partial charge in [0, 0.05) is 0 Å². The topological polar surface area (TPSA) is 76.7 Å². The van der Waals surface area contributed by atoms with E-state index >= 15 is 0 Å². The first-order chi connectivity index (χ1) is 13.7. The molecule has 0 bridgehead atoms. The van der Waals surface area contributed by atoms with Crippen LogP contribution in [0.4, 0.5) is 10.2 Å². The fourth-order valence-corrected chi connectivity index (χ4v) is 2.83. The van der Waals surface area contributed by atoms with Crippen molar-refractivity contribution < 1.29 is 9.13 Å². The molecule has 1 N–H and O–H groups in total. The number of ether oxygens (including phenoxy) is 1. The summed E-state index contributed by atoms with van der Waals surface area (Å²) in [6.07, 6.45) is 1.64. The molecule has 2 heterocycles. The van der Waals surface area contributed by atoms with E-state index in [0.717, 1.165) is 11.3 Å².